The SMILES string of the molecule is CC(C)(C)OC(=O)N[C@@H](C(=O)N1CCC[C@H]1C(=O)Nc1ccc2[nH]c(-c3ccc(NC(=O)[C@@H]4CCCN4C(=O)[C@@H](c4ccccc4)N(C(=O)O)C(C)(C)C)cc3)cc2c1)c1ccccc1. The third-order valence-corrected chi connectivity index (χ3v) is 11.6. The minimum absolute atomic E-state index is 0.325. The zero-order valence-corrected chi connectivity index (χ0v) is 37.6. The Morgan fingerprint density at radius 1 is 0.692 bits per heavy atom. The Morgan fingerprint density at radius 3 is 1.78 bits per heavy atom. The van der Waals surface area contributed by atoms with Crippen molar-refractivity contribution in [2.45, 2.75) is 103 Å². The van der Waals surface area contributed by atoms with E-state index in [-0.39, 0.29) is 11.8 Å². The molecule has 4 aromatic carbocycles. The number of carbonyl (C=O) groups is 6. The van der Waals surface area contributed by atoms with Crippen LogP contribution in [0.3, 0.4) is 0 Å². The molecule has 7 rings (SSSR count). The number of nitrogens with zero attached hydrogens (tertiary/aromatic N) is 3. The maximum atomic E-state index is 14.3. The molecule has 2 saturated heterocycles. The monoisotopic (exact) mass is 883 g/mol. The van der Waals surface area contributed by atoms with E-state index in [4.69, 9.17) is 4.74 Å². The Bertz CT molecular complexity index is 2550. The largest absolute Gasteiger partial charge is 0.465 e. The summed E-state index contributed by atoms with van der Waals surface area (Å²) >= 11 is 0. The minimum Gasteiger partial charge on any atom is -0.465 e. The molecule has 340 valence electrons. The predicted molar refractivity (Wildman–Crippen MR) is 248 cm³/mol. The third kappa shape index (κ3) is 10.6. The summed E-state index contributed by atoms with van der Waals surface area (Å²) in [6.45, 7) is 11.1. The van der Waals surface area contributed by atoms with Gasteiger partial charge in [0.25, 0.3) is 11.8 Å². The molecule has 0 aliphatic carbocycles. The molecule has 4 atom stereocenters. The van der Waals surface area contributed by atoms with Crippen molar-refractivity contribution < 1.29 is 38.6 Å². The summed E-state index contributed by atoms with van der Waals surface area (Å²) in [6, 6.07) is 28.7. The van der Waals surface area contributed by atoms with E-state index in [1.165, 1.54) is 9.80 Å². The fraction of sp³-hybridized carbons (Fsp3) is 0.360. The number of nitrogens with one attached hydrogen (secondary N) is 4. The predicted octanol–water partition coefficient (Wildman–Crippen LogP) is 8.48. The van der Waals surface area contributed by atoms with Crippen LogP contribution in [0.15, 0.2) is 109 Å². The lowest BCUT2D eigenvalue weighted by Crippen LogP contribution is -2.54. The first-order valence-corrected chi connectivity index (χ1v) is 22.0. The molecule has 2 fully saturated rings. The second kappa shape index (κ2) is 18.9. The van der Waals surface area contributed by atoms with Gasteiger partial charge in [-0.05, 0) is 120 Å². The van der Waals surface area contributed by atoms with E-state index >= 15 is 0 Å². The van der Waals surface area contributed by atoms with Gasteiger partial charge in [0.1, 0.15) is 29.8 Å². The van der Waals surface area contributed by atoms with Crippen LogP contribution >= 0.6 is 0 Å². The van der Waals surface area contributed by atoms with E-state index in [0.29, 0.717) is 61.3 Å². The molecule has 0 bridgehead atoms. The zero-order valence-electron chi connectivity index (χ0n) is 37.6. The molecule has 2 aliphatic heterocycles. The van der Waals surface area contributed by atoms with Crippen LogP contribution in [0.2, 0.25) is 0 Å². The first kappa shape index (κ1) is 45.9. The Morgan fingerprint density at radius 2 is 1.23 bits per heavy atom. The number of likely N-dealkylation sites (tertiary alicyclic amines) is 2. The van der Waals surface area contributed by atoms with Crippen LogP contribution in [-0.2, 0) is 23.9 Å². The van der Waals surface area contributed by atoms with Crippen LogP contribution in [-0.4, -0.2) is 96.9 Å². The average molecular weight is 884 g/mol. The van der Waals surface area contributed by atoms with Crippen molar-refractivity contribution in [3.63, 3.8) is 0 Å². The maximum Gasteiger partial charge on any atom is 0.408 e. The Balaban J connectivity index is 1.01. The Hall–Kier alpha value is -7.16. The van der Waals surface area contributed by atoms with Gasteiger partial charge in [0.2, 0.25) is 11.8 Å². The van der Waals surface area contributed by atoms with Gasteiger partial charge in [0.05, 0.1) is 0 Å². The summed E-state index contributed by atoms with van der Waals surface area (Å²) in [5.74, 6) is -1.53. The fourth-order valence-electron chi connectivity index (χ4n) is 8.66. The number of aromatic amines is 1. The van der Waals surface area contributed by atoms with Crippen LogP contribution < -0.4 is 16.0 Å². The zero-order chi connectivity index (χ0) is 46.6. The van der Waals surface area contributed by atoms with Crippen LogP contribution in [0.25, 0.3) is 22.2 Å². The topological polar surface area (TPSA) is 193 Å². The van der Waals surface area contributed by atoms with Crippen molar-refractivity contribution in [3.8, 4) is 11.3 Å². The van der Waals surface area contributed by atoms with Crippen LogP contribution in [0.1, 0.15) is 90.4 Å². The smallest absolute Gasteiger partial charge is 0.408 e. The van der Waals surface area contributed by atoms with Crippen molar-refractivity contribution in [2.24, 2.45) is 0 Å². The summed E-state index contributed by atoms with van der Waals surface area (Å²) in [4.78, 5) is 88.9. The maximum absolute atomic E-state index is 14.3. The summed E-state index contributed by atoms with van der Waals surface area (Å²) in [6.07, 6.45) is 0.170. The molecule has 0 unspecified atom stereocenters. The first-order valence-electron chi connectivity index (χ1n) is 22.0. The number of alkyl carbamates (subject to hydrolysis) is 1. The van der Waals surface area contributed by atoms with Gasteiger partial charge < -0.3 is 40.6 Å². The lowest BCUT2D eigenvalue weighted by molar-refractivity contribution is -0.142. The molecule has 3 heterocycles. The molecule has 15 nitrogen and oxygen atoms in total. The minimum atomic E-state index is -1.23. The molecule has 5 N–H and O–H groups in total. The number of fused-ring (bicyclic) bond motifs is 1. The molecular formula is C50H57N7O8. The van der Waals surface area contributed by atoms with Gasteiger partial charge >= 0.3 is 12.2 Å². The molecular weight excluding hydrogens is 827 g/mol. The lowest BCUT2D eigenvalue weighted by atomic mass is 9.97. The molecule has 65 heavy (non-hydrogen) atoms. The van der Waals surface area contributed by atoms with Crippen molar-refractivity contribution in [3.05, 3.63) is 120 Å². The number of ether oxygens (including phenoxy) is 1. The quantitative estimate of drug-likeness (QED) is 0.0872. The van der Waals surface area contributed by atoms with Crippen molar-refractivity contribution in [1.29, 1.82) is 0 Å². The van der Waals surface area contributed by atoms with E-state index in [1.807, 2.05) is 36.4 Å². The molecule has 0 saturated carbocycles. The van der Waals surface area contributed by atoms with Gasteiger partial charge in [-0.15, -0.1) is 0 Å². The molecule has 2 aliphatic rings. The van der Waals surface area contributed by atoms with E-state index in [1.54, 1.807) is 114 Å². The van der Waals surface area contributed by atoms with Crippen molar-refractivity contribution >= 4 is 58.1 Å². The number of benzene rings is 4. The Labute approximate surface area is 378 Å². The van der Waals surface area contributed by atoms with Crippen molar-refractivity contribution in [1.82, 2.24) is 25.0 Å². The highest BCUT2D eigenvalue weighted by Gasteiger charge is 2.45. The number of carbonyl (C=O) groups excluding carboxylic acids is 5. The summed E-state index contributed by atoms with van der Waals surface area (Å²) in [5.41, 5.74) is 3.02. The highest BCUT2D eigenvalue weighted by molar-refractivity contribution is 6.01. The highest BCUT2D eigenvalue weighted by Crippen LogP contribution is 2.34. The van der Waals surface area contributed by atoms with Gasteiger partial charge in [0.15, 0.2) is 0 Å². The highest BCUT2D eigenvalue weighted by atomic mass is 16.6. The summed E-state index contributed by atoms with van der Waals surface area (Å²) in [5, 5.41) is 19.8. The number of hydrogen-bond donors (Lipinski definition) is 5. The molecule has 0 spiro atoms. The third-order valence-electron chi connectivity index (χ3n) is 11.6. The first-order chi connectivity index (χ1) is 30.9. The van der Waals surface area contributed by atoms with E-state index in [9.17, 15) is 33.9 Å². The molecule has 6 amide bonds. The number of aromatic nitrogens is 1. The fourth-order valence-corrected chi connectivity index (χ4v) is 8.66. The average Bonchev–Trinajstić information content (AvgIpc) is 4.05. The van der Waals surface area contributed by atoms with Crippen molar-refractivity contribution in [2.75, 3.05) is 23.7 Å². The Kier molecular flexibility index (Phi) is 13.3. The molecule has 1 aromatic heterocycles. The van der Waals surface area contributed by atoms with E-state index in [2.05, 4.69) is 20.9 Å². The van der Waals surface area contributed by atoms with E-state index < -0.39 is 59.3 Å². The molecule has 0 radical (unpaired) electrons. The normalized spacial score (nSPS) is 17.3. The van der Waals surface area contributed by atoms with Gasteiger partial charge in [-0.25, -0.2) is 9.59 Å². The van der Waals surface area contributed by atoms with Crippen LogP contribution in [0.5, 0.6) is 0 Å². The van der Waals surface area contributed by atoms with Gasteiger partial charge in [-0.1, -0.05) is 72.8 Å². The number of amides is 6. The van der Waals surface area contributed by atoms with E-state index in [0.717, 1.165) is 27.1 Å². The number of hydrogen-bond acceptors (Lipinski definition) is 7. The summed E-state index contributed by atoms with van der Waals surface area (Å²) in [7, 11) is 0. The number of anilines is 2. The van der Waals surface area contributed by atoms with Gasteiger partial charge in [-0.2, -0.15) is 0 Å². The summed E-state index contributed by atoms with van der Waals surface area (Å²) < 4.78 is 5.46. The second-order valence-electron chi connectivity index (χ2n) is 18.5. The van der Waals surface area contributed by atoms with Gasteiger partial charge in [0, 0.05) is 46.6 Å². The molecule has 5 aromatic rings. The molecule has 15 heteroatoms. The lowest BCUT2D eigenvalue weighted by Gasteiger charge is -2.41. The number of carboxylic acid groups (broad SMARTS) is 1. The van der Waals surface area contributed by atoms with Crippen LogP contribution in [0.4, 0.5) is 21.0 Å². The standard InChI is InChI=1S/C50H57N7O8/c1-49(2,3)57(48(63)64)42(33-17-11-8-12-18-33)46(61)56-28-14-20-40(56)43(58)51-35-23-21-31(22-24-35)38-30-34-29-36(25-26-37(34)53-38)52-44(59)39-19-13-27-55(39)45(60)41(32-15-9-7-10-16-32)54-47(62)65-50(4,5)6/h7-12,15-18,21-26,29-30,39-42,53H,13-14,19-20,27-28H2,1-6H3,(H,51,58)(H,52,59)(H,54,62)(H,63,64)/t39-,40-,41+,42+/m0/s1. The second-order valence-corrected chi connectivity index (χ2v) is 18.5. The van der Waals surface area contributed by atoms with Gasteiger partial charge in [-0.3, -0.25) is 24.1 Å². The van der Waals surface area contributed by atoms with Crippen LogP contribution in [0, 0.1) is 0 Å². The number of rotatable bonds is 11. The number of H-pyrrole nitrogens is 1.